The topological polar surface area (TPSA) is 36.4 Å². The smallest absolute Gasteiger partial charge is 0.222 e. The lowest BCUT2D eigenvalue weighted by atomic mass is 9.73. The predicted molar refractivity (Wildman–Crippen MR) is 107 cm³/mol. The monoisotopic (exact) mass is 351 g/mol. The molecule has 2 aromatic rings. The maximum atomic E-state index is 12.1. The molecular weight excluding hydrogens is 322 g/mol. The van der Waals surface area contributed by atoms with Gasteiger partial charge in [0.05, 0.1) is 5.52 Å². The largest absolute Gasteiger partial charge is 0.356 e. The quantitative estimate of drug-likeness (QED) is 0.818. The maximum absolute atomic E-state index is 12.1. The highest BCUT2D eigenvalue weighted by atomic mass is 16.2. The molecule has 1 amide bonds. The van der Waals surface area contributed by atoms with E-state index in [1.807, 2.05) is 0 Å². The molecule has 4 heteroatoms. The third-order valence-electron chi connectivity index (χ3n) is 6.27. The molecule has 0 N–H and O–H groups in total. The van der Waals surface area contributed by atoms with Crippen LogP contribution in [0.4, 0.5) is 5.82 Å². The summed E-state index contributed by atoms with van der Waals surface area (Å²) in [5.41, 5.74) is 3.89. The predicted octanol–water partition coefficient (Wildman–Crippen LogP) is 4.08. The lowest BCUT2D eigenvalue weighted by molar-refractivity contribution is -0.137. The Bertz CT molecular complexity index is 847. The van der Waals surface area contributed by atoms with E-state index >= 15 is 0 Å². The van der Waals surface area contributed by atoms with Crippen molar-refractivity contribution in [2.45, 2.75) is 46.5 Å². The zero-order valence-corrected chi connectivity index (χ0v) is 16.2. The zero-order chi connectivity index (χ0) is 18.3. The van der Waals surface area contributed by atoms with Gasteiger partial charge in [-0.15, -0.1) is 0 Å². The van der Waals surface area contributed by atoms with Crippen LogP contribution in [0.25, 0.3) is 10.9 Å². The van der Waals surface area contributed by atoms with Gasteiger partial charge in [-0.2, -0.15) is 0 Å². The highest BCUT2D eigenvalue weighted by Crippen LogP contribution is 2.40. The van der Waals surface area contributed by atoms with Crippen LogP contribution in [0.5, 0.6) is 0 Å². The summed E-state index contributed by atoms with van der Waals surface area (Å²) in [6, 6.07) is 8.75. The number of hydrogen-bond donors (Lipinski definition) is 0. The number of benzene rings is 1. The molecule has 2 fully saturated rings. The summed E-state index contributed by atoms with van der Waals surface area (Å²) in [5.74, 6) is 1.42. The first-order valence-electron chi connectivity index (χ1n) is 9.90. The number of piperidine rings is 2. The fourth-order valence-electron chi connectivity index (χ4n) is 4.78. The van der Waals surface area contributed by atoms with Gasteiger partial charge in [0.1, 0.15) is 5.82 Å². The molecule has 1 aromatic heterocycles. The van der Waals surface area contributed by atoms with Crippen molar-refractivity contribution >= 4 is 22.6 Å². The Kier molecular flexibility index (Phi) is 4.37. The molecule has 4 rings (SSSR count). The van der Waals surface area contributed by atoms with Crippen molar-refractivity contribution in [3.8, 4) is 0 Å². The summed E-state index contributed by atoms with van der Waals surface area (Å²) in [6.45, 7) is 10.2. The first-order valence-corrected chi connectivity index (χ1v) is 9.90. The summed E-state index contributed by atoms with van der Waals surface area (Å²) >= 11 is 0. The van der Waals surface area contributed by atoms with Crippen molar-refractivity contribution in [2.24, 2.45) is 5.41 Å². The lowest BCUT2D eigenvalue weighted by Gasteiger charge is -2.48. The van der Waals surface area contributed by atoms with Gasteiger partial charge in [0.25, 0.3) is 0 Å². The van der Waals surface area contributed by atoms with E-state index in [1.54, 1.807) is 0 Å². The van der Waals surface area contributed by atoms with E-state index < -0.39 is 0 Å². The minimum Gasteiger partial charge on any atom is -0.356 e. The molecular formula is C22H29N3O. The van der Waals surface area contributed by atoms with Gasteiger partial charge in [-0.25, -0.2) is 4.98 Å². The van der Waals surface area contributed by atoms with Crippen LogP contribution < -0.4 is 4.90 Å². The molecule has 1 aromatic carbocycles. The molecule has 0 aliphatic carbocycles. The molecule has 4 nitrogen and oxygen atoms in total. The van der Waals surface area contributed by atoms with Crippen LogP contribution >= 0.6 is 0 Å². The molecule has 26 heavy (non-hydrogen) atoms. The van der Waals surface area contributed by atoms with Crippen molar-refractivity contribution in [1.82, 2.24) is 9.88 Å². The fraction of sp³-hybridized carbons (Fsp3) is 0.545. The first kappa shape index (κ1) is 17.3. The summed E-state index contributed by atoms with van der Waals surface area (Å²) in [7, 11) is 0. The minimum absolute atomic E-state index is 0.236. The minimum atomic E-state index is 0.236. The summed E-state index contributed by atoms with van der Waals surface area (Å²) in [6.07, 6.45) is 4.12. The van der Waals surface area contributed by atoms with E-state index in [2.05, 4.69) is 54.8 Å². The van der Waals surface area contributed by atoms with Crippen LogP contribution in [0.2, 0.25) is 0 Å². The molecule has 1 atom stereocenters. The Morgan fingerprint density at radius 1 is 1.15 bits per heavy atom. The number of aromatic nitrogens is 1. The van der Waals surface area contributed by atoms with E-state index in [1.165, 1.54) is 29.4 Å². The number of pyridine rings is 1. The number of carbonyl (C=O) groups is 1. The van der Waals surface area contributed by atoms with Gasteiger partial charge in [-0.3, -0.25) is 4.79 Å². The van der Waals surface area contributed by atoms with E-state index in [0.717, 1.165) is 43.9 Å². The third kappa shape index (κ3) is 3.06. The Morgan fingerprint density at radius 3 is 2.81 bits per heavy atom. The Labute approximate surface area is 156 Å². The molecule has 1 spiro atoms. The Morgan fingerprint density at radius 2 is 2.00 bits per heavy atom. The molecule has 2 saturated heterocycles. The van der Waals surface area contributed by atoms with Crippen LogP contribution in [0, 0.1) is 19.3 Å². The molecule has 138 valence electrons. The summed E-state index contributed by atoms with van der Waals surface area (Å²) in [5, 5.41) is 1.25. The average Bonchev–Trinajstić information content (AvgIpc) is 2.64. The first-order chi connectivity index (χ1) is 12.5. The van der Waals surface area contributed by atoms with Gasteiger partial charge in [0, 0.05) is 43.4 Å². The number of anilines is 1. The van der Waals surface area contributed by atoms with Gasteiger partial charge >= 0.3 is 0 Å². The SMILES string of the molecule is CCN1C[C@@]2(CCCN(c3cc(C)c4cc(C)ccc4n3)C2)CCC1=O. The number of hydrogen-bond acceptors (Lipinski definition) is 3. The van der Waals surface area contributed by atoms with E-state index in [0.29, 0.717) is 12.3 Å². The van der Waals surface area contributed by atoms with Crippen LogP contribution in [0.1, 0.15) is 43.7 Å². The highest BCUT2D eigenvalue weighted by molar-refractivity contribution is 5.84. The molecule has 0 bridgehead atoms. The zero-order valence-electron chi connectivity index (χ0n) is 16.2. The van der Waals surface area contributed by atoms with Gasteiger partial charge in [-0.05, 0) is 63.8 Å². The molecule has 3 heterocycles. The van der Waals surface area contributed by atoms with Crippen molar-refractivity contribution in [3.05, 3.63) is 35.4 Å². The van der Waals surface area contributed by atoms with E-state index in [9.17, 15) is 4.79 Å². The average molecular weight is 351 g/mol. The van der Waals surface area contributed by atoms with Crippen molar-refractivity contribution in [1.29, 1.82) is 0 Å². The molecule has 0 saturated carbocycles. The van der Waals surface area contributed by atoms with Crippen LogP contribution in [-0.2, 0) is 4.79 Å². The number of likely N-dealkylation sites (tertiary alicyclic amines) is 1. The van der Waals surface area contributed by atoms with Gasteiger partial charge in [-0.1, -0.05) is 11.6 Å². The number of aryl methyl sites for hydroxylation is 2. The number of nitrogens with zero attached hydrogens (tertiary/aromatic N) is 3. The van der Waals surface area contributed by atoms with Crippen LogP contribution in [0.15, 0.2) is 24.3 Å². The summed E-state index contributed by atoms with van der Waals surface area (Å²) in [4.78, 5) is 21.6. The Hall–Kier alpha value is -2.10. The van der Waals surface area contributed by atoms with Crippen molar-refractivity contribution in [2.75, 3.05) is 31.1 Å². The van der Waals surface area contributed by atoms with E-state index in [-0.39, 0.29) is 5.41 Å². The van der Waals surface area contributed by atoms with E-state index in [4.69, 9.17) is 4.98 Å². The van der Waals surface area contributed by atoms with Crippen molar-refractivity contribution in [3.63, 3.8) is 0 Å². The second-order valence-corrected chi connectivity index (χ2v) is 8.25. The molecule has 0 radical (unpaired) electrons. The maximum Gasteiger partial charge on any atom is 0.222 e. The van der Waals surface area contributed by atoms with Gasteiger partial charge < -0.3 is 9.80 Å². The third-order valence-corrected chi connectivity index (χ3v) is 6.27. The van der Waals surface area contributed by atoms with Crippen LogP contribution in [-0.4, -0.2) is 42.0 Å². The second-order valence-electron chi connectivity index (χ2n) is 8.25. The lowest BCUT2D eigenvalue weighted by Crippen LogP contribution is -2.54. The summed E-state index contributed by atoms with van der Waals surface area (Å²) < 4.78 is 0. The molecule has 0 unspecified atom stereocenters. The van der Waals surface area contributed by atoms with Crippen molar-refractivity contribution < 1.29 is 4.79 Å². The number of fused-ring (bicyclic) bond motifs is 1. The highest BCUT2D eigenvalue weighted by Gasteiger charge is 2.41. The van der Waals surface area contributed by atoms with Gasteiger partial charge in [0.15, 0.2) is 0 Å². The Balaban J connectivity index is 1.63. The molecule has 2 aliphatic rings. The second kappa shape index (κ2) is 6.57. The fourth-order valence-corrected chi connectivity index (χ4v) is 4.78. The number of amides is 1. The number of rotatable bonds is 2. The van der Waals surface area contributed by atoms with Gasteiger partial charge in [0.2, 0.25) is 5.91 Å². The normalized spacial score (nSPS) is 23.9. The standard InChI is InChI=1S/C22H29N3O/c1-4-24-14-22(10-8-21(24)26)9-5-11-25(15-22)20-13-17(3)18-12-16(2)6-7-19(18)23-20/h6-7,12-13H,4-5,8-11,14-15H2,1-3H3/t22-/m1/s1. The number of carbonyl (C=O) groups excluding carboxylic acids is 1. The molecule has 2 aliphatic heterocycles. The van der Waals surface area contributed by atoms with Crippen LogP contribution in [0.3, 0.4) is 0 Å².